The predicted molar refractivity (Wildman–Crippen MR) is 44.8 cm³/mol. The van der Waals surface area contributed by atoms with Crippen LogP contribution in [0.5, 0.6) is 0 Å². The van der Waals surface area contributed by atoms with Gasteiger partial charge in [-0.05, 0) is 11.4 Å². The summed E-state index contributed by atoms with van der Waals surface area (Å²) in [6.07, 6.45) is 5.17. The number of halogens is 1. The first-order valence-electron chi connectivity index (χ1n) is 2.48. The van der Waals surface area contributed by atoms with Crippen LogP contribution < -0.4 is 0 Å². The van der Waals surface area contributed by atoms with E-state index in [-0.39, 0.29) is 4.83 Å². The van der Waals surface area contributed by atoms with Crippen LogP contribution in [0.25, 0.3) is 0 Å². The molecule has 1 aromatic rings. The van der Waals surface area contributed by atoms with Crippen molar-refractivity contribution in [3.63, 3.8) is 0 Å². The summed E-state index contributed by atoms with van der Waals surface area (Å²) in [6.45, 7) is 0. The predicted octanol–water partition coefficient (Wildman–Crippen LogP) is 2.82. The summed E-state index contributed by atoms with van der Waals surface area (Å²) in [5.74, 6) is 2.59. The van der Waals surface area contributed by atoms with E-state index in [1.165, 1.54) is 4.88 Å². The Hall–Kier alpha value is -0.260. The molecule has 46 valence electrons. The largest absolute Gasteiger partial charge is 0.147 e. The van der Waals surface area contributed by atoms with E-state index in [1.54, 1.807) is 11.3 Å². The van der Waals surface area contributed by atoms with E-state index in [4.69, 9.17) is 6.42 Å². The van der Waals surface area contributed by atoms with E-state index in [0.717, 1.165) is 0 Å². The third-order valence-corrected chi connectivity index (χ3v) is 2.94. The minimum atomic E-state index is 0.0949. The number of rotatable bonds is 1. The van der Waals surface area contributed by atoms with Gasteiger partial charge < -0.3 is 0 Å². The number of thiophene rings is 1. The Kier molecular flexibility index (Phi) is 2.32. The van der Waals surface area contributed by atoms with Crippen molar-refractivity contribution in [1.29, 1.82) is 0 Å². The van der Waals surface area contributed by atoms with Crippen LogP contribution in [0.2, 0.25) is 0 Å². The van der Waals surface area contributed by atoms with E-state index in [9.17, 15) is 0 Å². The fourth-order valence-corrected chi connectivity index (χ4v) is 1.65. The lowest BCUT2D eigenvalue weighted by Gasteiger charge is -1.93. The van der Waals surface area contributed by atoms with Crippen molar-refractivity contribution in [3.05, 3.63) is 22.4 Å². The Morgan fingerprint density at radius 2 is 2.56 bits per heavy atom. The van der Waals surface area contributed by atoms with Gasteiger partial charge in [-0.3, -0.25) is 0 Å². The summed E-state index contributed by atoms with van der Waals surface area (Å²) in [4.78, 5) is 1.29. The smallest absolute Gasteiger partial charge is 0.109 e. The molecular weight excluding hydrogens is 196 g/mol. The molecule has 0 nitrogen and oxygen atoms in total. The molecular formula is C7H5BrS. The first-order chi connectivity index (χ1) is 4.34. The number of terminal acetylenes is 1. The Morgan fingerprint density at radius 3 is 3.00 bits per heavy atom. The Labute approximate surface area is 67.0 Å². The van der Waals surface area contributed by atoms with Crippen LogP contribution in [-0.4, -0.2) is 0 Å². The quantitative estimate of drug-likeness (QED) is 0.484. The van der Waals surface area contributed by atoms with Crippen LogP contribution in [0, 0.1) is 12.3 Å². The zero-order chi connectivity index (χ0) is 6.69. The topological polar surface area (TPSA) is 0 Å². The van der Waals surface area contributed by atoms with Gasteiger partial charge in [0.15, 0.2) is 0 Å². The third kappa shape index (κ3) is 1.57. The lowest BCUT2D eigenvalue weighted by molar-refractivity contribution is 1.39. The highest BCUT2D eigenvalue weighted by Crippen LogP contribution is 2.25. The minimum absolute atomic E-state index is 0.0949. The molecule has 0 spiro atoms. The molecule has 0 amide bonds. The molecule has 1 rings (SSSR count). The van der Waals surface area contributed by atoms with Crippen LogP contribution >= 0.6 is 27.3 Å². The van der Waals surface area contributed by atoms with Gasteiger partial charge in [0.05, 0.1) is 0 Å². The molecule has 0 aliphatic rings. The Balaban J connectivity index is 2.80. The summed E-state index contributed by atoms with van der Waals surface area (Å²) in [6, 6.07) is 4.01. The summed E-state index contributed by atoms with van der Waals surface area (Å²) < 4.78 is 0. The molecule has 0 fully saturated rings. The first kappa shape index (κ1) is 6.85. The summed E-state index contributed by atoms with van der Waals surface area (Å²) in [5.41, 5.74) is 0. The maximum atomic E-state index is 5.17. The summed E-state index contributed by atoms with van der Waals surface area (Å²) >= 11 is 5.00. The molecule has 0 aliphatic carbocycles. The van der Waals surface area contributed by atoms with Gasteiger partial charge in [-0.2, -0.15) is 0 Å². The fourth-order valence-electron chi connectivity index (χ4n) is 0.518. The van der Waals surface area contributed by atoms with E-state index in [0.29, 0.717) is 0 Å². The van der Waals surface area contributed by atoms with Gasteiger partial charge >= 0.3 is 0 Å². The van der Waals surface area contributed by atoms with Crippen molar-refractivity contribution in [3.8, 4) is 12.3 Å². The van der Waals surface area contributed by atoms with Crippen LogP contribution in [0.3, 0.4) is 0 Å². The van der Waals surface area contributed by atoms with Gasteiger partial charge in [-0.15, -0.1) is 17.8 Å². The second-order valence-electron chi connectivity index (χ2n) is 1.54. The third-order valence-electron chi connectivity index (χ3n) is 0.939. The van der Waals surface area contributed by atoms with Crippen molar-refractivity contribution >= 4 is 27.3 Å². The summed E-state index contributed by atoms with van der Waals surface area (Å²) in [5, 5.41) is 2.01. The molecule has 1 heterocycles. The van der Waals surface area contributed by atoms with Crippen molar-refractivity contribution in [1.82, 2.24) is 0 Å². The van der Waals surface area contributed by atoms with Gasteiger partial charge in [-0.25, -0.2) is 0 Å². The zero-order valence-electron chi connectivity index (χ0n) is 4.67. The second-order valence-corrected chi connectivity index (χ2v) is 3.44. The Morgan fingerprint density at radius 1 is 1.78 bits per heavy atom. The monoisotopic (exact) mass is 200 g/mol. The normalized spacial score (nSPS) is 12.4. The van der Waals surface area contributed by atoms with E-state index >= 15 is 0 Å². The van der Waals surface area contributed by atoms with E-state index < -0.39 is 0 Å². The van der Waals surface area contributed by atoms with Gasteiger partial charge in [0.2, 0.25) is 0 Å². The molecule has 2 heteroatoms. The van der Waals surface area contributed by atoms with Crippen molar-refractivity contribution in [2.75, 3.05) is 0 Å². The molecule has 0 aromatic carbocycles. The van der Waals surface area contributed by atoms with Crippen LogP contribution in [-0.2, 0) is 0 Å². The molecule has 0 radical (unpaired) electrons. The van der Waals surface area contributed by atoms with Gasteiger partial charge in [0.1, 0.15) is 4.83 Å². The minimum Gasteiger partial charge on any atom is -0.147 e. The van der Waals surface area contributed by atoms with Gasteiger partial charge in [0.25, 0.3) is 0 Å². The summed E-state index contributed by atoms with van der Waals surface area (Å²) in [7, 11) is 0. The molecule has 1 unspecified atom stereocenters. The zero-order valence-corrected chi connectivity index (χ0v) is 7.08. The van der Waals surface area contributed by atoms with Gasteiger partial charge in [0, 0.05) is 4.88 Å². The highest BCUT2D eigenvalue weighted by molar-refractivity contribution is 9.09. The Bertz CT molecular complexity index is 207. The average molecular weight is 201 g/mol. The molecule has 1 atom stereocenters. The maximum Gasteiger partial charge on any atom is 0.109 e. The molecule has 0 aliphatic heterocycles. The molecule has 0 N–H and O–H groups in total. The average Bonchev–Trinajstić information content (AvgIpc) is 2.37. The lowest BCUT2D eigenvalue weighted by Crippen LogP contribution is -1.75. The van der Waals surface area contributed by atoms with E-state index in [2.05, 4.69) is 21.9 Å². The fraction of sp³-hybridized carbons (Fsp3) is 0.143. The number of hydrogen-bond donors (Lipinski definition) is 0. The number of hydrogen-bond acceptors (Lipinski definition) is 1. The van der Waals surface area contributed by atoms with Crippen LogP contribution in [0.4, 0.5) is 0 Å². The van der Waals surface area contributed by atoms with Gasteiger partial charge in [-0.1, -0.05) is 27.9 Å². The van der Waals surface area contributed by atoms with E-state index in [1.807, 2.05) is 17.5 Å². The lowest BCUT2D eigenvalue weighted by atomic mass is 10.4. The SMILES string of the molecule is C#CC(Br)c1cccs1. The molecule has 9 heavy (non-hydrogen) atoms. The van der Waals surface area contributed by atoms with Crippen molar-refractivity contribution in [2.45, 2.75) is 4.83 Å². The number of alkyl halides is 1. The van der Waals surface area contributed by atoms with Crippen LogP contribution in [0.15, 0.2) is 17.5 Å². The van der Waals surface area contributed by atoms with Crippen LogP contribution in [0.1, 0.15) is 9.70 Å². The molecule has 0 saturated carbocycles. The highest BCUT2D eigenvalue weighted by Gasteiger charge is 2.01. The molecule has 0 saturated heterocycles. The van der Waals surface area contributed by atoms with Crippen molar-refractivity contribution in [2.24, 2.45) is 0 Å². The maximum absolute atomic E-state index is 5.17. The van der Waals surface area contributed by atoms with Crippen molar-refractivity contribution < 1.29 is 0 Å². The molecule has 1 aromatic heterocycles. The highest BCUT2D eigenvalue weighted by atomic mass is 79.9. The standard InChI is InChI=1S/C7H5BrS/c1-2-6(8)7-4-3-5-9-7/h1,3-6H. The molecule has 0 bridgehead atoms. The first-order valence-corrected chi connectivity index (χ1v) is 4.27. The second kappa shape index (κ2) is 3.05.